The van der Waals surface area contributed by atoms with Crippen molar-refractivity contribution < 1.29 is 9.59 Å². The van der Waals surface area contributed by atoms with Crippen LogP contribution in [0.15, 0.2) is 34.1 Å². The Kier molecular flexibility index (Phi) is 9.28. The van der Waals surface area contributed by atoms with Crippen LogP contribution in [0, 0.1) is 20.8 Å². The van der Waals surface area contributed by atoms with E-state index < -0.39 is 0 Å². The van der Waals surface area contributed by atoms with E-state index in [1.54, 1.807) is 6.92 Å². The van der Waals surface area contributed by atoms with Crippen LogP contribution >= 0.6 is 0 Å². The molecule has 1 aromatic heterocycles. The van der Waals surface area contributed by atoms with Gasteiger partial charge in [0.05, 0.1) is 6.04 Å². The van der Waals surface area contributed by atoms with Gasteiger partial charge in [0.15, 0.2) is 0 Å². The van der Waals surface area contributed by atoms with Crippen molar-refractivity contribution in [1.82, 2.24) is 15.6 Å². The minimum Gasteiger partial charge on any atom is -0.371 e. The summed E-state index contributed by atoms with van der Waals surface area (Å²) in [6.45, 7) is 9.60. The number of hydrogen-bond donors (Lipinski definition) is 3. The second-order valence-electron chi connectivity index (χ2n) is 11.3. The second kappa shape index (κ2) is 12.7. The van der Waals surface area contributed by atoms with Crippen LogP contribution < -0.4 is 21.1 Å². The minimum absolute atomic E-state index is 0.0200. The van der Waals surface area contributed by atoms with Gasteiger partial charge >= 0.3 is 0 Å². The topological polar surface area (TPSA) is 107 Å². The van der Waals surface area contributed by atoms with Crippen LogP contribution in [-0.2, 0) is 11.3 Å². The number of amides is 2. The highest BCUT2D eigenvalue weighted by Gasteiger charge is 2.27. The number of nitrogens with one attached hydrogen (secondary N) is 3. The number of aromatic amines is 1. The molecule has 1 saturated carbocycles. The fourth-order valence-electron chi connectivity index (χ4n) is 5.95. The van der Waals surface area contributed by atoms with Gasteiger partial charge in [-0.3, -0.25) is 19.4 Å². The molecule has 1 aliphatic heterocycles. The number of pyridine rings is 1. The molecule has 40 heavy (non-hydrogen) atoms. The standard InChI is InChI=1S/C32H43N5O3/c1-7-25-9-8-23(17-33-25)24-15-28(31(39)34-18-29-19(2)14-20(3)35-32(29)40)21(4)30(16-24)37(6)27-12-10-26(11-13-27)36-22(5)38/h8,14-17,25-27H,7,9-13,18H2,1-6H3,(H,34,39)(H,35,40)(H,36,38). The molecular weight excluding hydrogens is 502 g/mol. The summed E-state index contributed by atoms with van der Waals surface area (Å²) in [4.78, 5) is 47.5. The molecule has 1 aliphatic carbocycles. The molecule has 2 aliphatic rings. The zero-order chi connectivity index (χ0) is 29.0. The van der Waals surface area contributed by atoms with E-state index >= 15 is 0 Å². The van der Waals surface area contributed by atoms with E-state index in [4.69, 9.17) is 4.99 Å². The number of anilines is 1. The molecule has 4 rings (SSSR count). The number of dihydropyridines is 1. The lowest BCUT2D eigenvalue weighted by Gasteiger charge is -2.37. The Morgan fingerprint density at radius 3 is 2.42 bits per heavy atom. The Morgan fingerprint density at radius 2 is 1.82 bits per heavy atom. The lowest BCUT2D eigenvalue weighted by molar-refractivity contribution is -0.119. The second-order valence-corrected chi connectivity index (χ2v) is 11.3. The van der Waals surface area contributed by atoms with Crippen LogP contribution in [0.2, 0.25) is 0 Å². The Labute approximate surface area is 237 Å². The summed E-state index contributed by atoms with van der Waals surface area (Å²) < 4.78 is 0. The lowest BCUT2D eigenvalue weighted by Crippen LogP contribution is -2.42. The number of hydrogen-bond acceptors (Lipinski definition) is 5. The van der Waals surface area contributed by atoms with Crippen LogP contribution in [-0.4, -0.2) is 48.2 Å². The molecule has 1 aromatic carbocycles. The van der Waals surface area contributed by atoms with E-state index in [2.05, 4.69) is 46.6 Å². The fourth-order valence-corrected chi connectivity index (χ4v) is 5.95. The molecule has 1 unspecified atom stereocenters. The van der Waals surface area contributed by atoms with Gasteiger partial charge in [0, 0.05) is 61.3 Å². The first-order valence-corrected chi connectivity index (χ1v) is 14.4. The van der Waals surface area contributed by atoms with E-state index in [0.717, 1.165) is 72.2 Å². The third-order valence-corrected chi connectivity index (χ3v) is 8.42. The van der Waals surface area contributed by atoms with Crippen molar-refractivity contribution in [2.24, 2.45) is 4.99 Å². The predicted octanol–water partition coefficient (Wildman–Crippen LogP) is 4.75. The Hall–Kier alpha value is -3.68. The van der Waals surface area contributed by atoms with Crippen LogP contribution in [0.5, 0.6) is 0 Å². The van der Waals surface area contributed by atoms with Gasteiger partial charge in [0.25, 0.3) is 11.5 Å². The summed E-state index contributed by atoms with van der Waals surface area (Å²) in [7, 11) is 2.10. The van der Waals surface area contributed by atoms with E-state index in [-0.39, 0.29) is 30.0 Å². The molecule has 3 N–H and O–H groups in total. The van der Waals surface area contributed by atoms with E-state index in [0.29, 0.717) is 23.2 Å². The van der Waals surface area contributed by atoms with Gasteiger partial charge < -0.3 is 20.5 Å². The van der Waals surface area contributed by atoms with Gasteiger partial charge in [-0.2, -0.15) is 0 Å². The van der Waals surface area contributed by atoms with E-state index in [9.17, 15) is 14.4 Å². The molecule has 1 fully saturated rings. The third kappa shape index (κ3) is 6.72. The van der Waals surface area contributed by atoms with Crippen molar-refractivity contribution in [3.8, 4) is 0 Å². The summed E-state index contributed by atoms with van der Waals surface area (Å²) in [5, 5.41) is 6.06. The zero-order valence-electron chi connectivity index (χ0n) is 24.7. The summed E-state index contributed by atoms with van der Waals surface area (Å²) in [5.74, 6) is -0.186. The molecule has 0 radical (unpaired) electrons. The SMILES string of the molecule is CCC1CC=C(c2cc(C(=O)NCc3c(C)cc(C)[nH]c3=O)c(C)c(N(C)C3CCC(NC(C)=O)CC3)c2)C=N1. The van der Waals surface area contributed by atoms with Crippen molar-refractivity contribution in [3.63, 3.8) is 0 Å². The molecule has 8 nitrogen and oxygen atoms in total. The van der Waals surface area contributed by atoms with Crippen molar-refractivity contribution >= 4 is 29.3 Å². The Morgan fingerprint density at radius 1 is 1.10 bits per heavy atom. The first-order valence-electron chi connectivity index (χ1n) is 14.4. The number of aliphatic imine (C=N–C) groups is 1. The zero-order valence-corrected chi connectivity index (χ0v) is 24.7. The number of rotatable bonds is 8. The maximum atomic E-state index is 13.6. The van der Waals surface area contributed by atoms with Gasteiger partial charge in [-0.15, -0.1) is 0 Å². The minimum atomic E-state index is -0.206. The summed E-state index contributed by atoms with van der Waals surface area (Å²) in [6.07, 6.45) is 9.81. The molecule has 0 saturated heterocycles. The first kappa shape index (κ1) is 29.3. The van der Waals surface area contributed by atoms with Gasteiger partial charge in [0.1, 0.15) is 0 Å². The average molecular weight is 546 g/mol. The van der Waals surface area contributed by atoms with Crippen LogP contribution in [0.4, 0.5) is 5.69 Å². The normalized spacial score (nSPS) is 20.6. The number of H-pyrrole nitrogens is 1. The van der Waals surface area contributed by atoms with Crippen molar-refractivity contribution in [2.45, 2.75) is 97.8 Å². The fraction of sp³-hybridized carbons (Fsp3) is 0.500. The molecule has 8 heteroatoms. The molecule has 214 valence electrons. The quantitative estimate of drug-likeness (QED) is 0.445. The van der Waals surface area contributed by atoms with E-state index in [1.807, 2.05) is 39.1 Å². The molecule has 2 heterocycles. The lowest BCUT2D eigenvalue weighted by atomic mass is 9.89. The predicted molar refractivity (Wildman–Crippen MR) is 162 cm³/mol. The molecular formula is C32H43N5O3. The smallest absolute Gasteiger partial charge is 0.253 e. The average Bonchev–Trinajstić information content (AvgIpc) is 2.92. The molecule has 2 amide bonds. The van der Waals surface area contributed by atoms with Gasteiger partial charge in [0.2, 0.25) is 5.91 Å². The highest BCUT2D eigenvalue weighted by Crippen LogP contribution is 2.33. The maximum absolute atomic E-state index is 13.6. The number of aromatic nitrogens is 1. The number of aryl methyl sites for hydroxylation is 2. The van der Waals surface area contributed by atoms with Gasteiger partial charge in [-0.1, -0.05) is 13.0 Å². The van der Waals surface area contributed by atoms with Crippen molar-refractivity contribution in [3.05, 3.63) is 68.1 Å². The van der Waals surface area contributed by atoms with Crippen LogP contribution in [0.25, 0.3) is 5.57 Å². The van der Waals surface area contributed by atoms with Gasteiger partial charge in [-0.25, -0.2) is 0 Å². The molecule has 2 aromatic rings. The number of nitrogens with zero attached hydrogens (tertiary/aromatic N) is 2. The number of allylic oxidation sites excluding steroid dienone is 1. The summed E-state index contributed by atoms with van der Waals surface area (Å²) in [6, 6.07) is 6.87. The first-order chi connectivity index (χ1) is 19.1. The number of carbonyl (C=O) groups excluding carboxylic acids is 2. The molecule has 0 bridgehead atoms. The maximum Gasteiger partial charge on any atom is 0.253 e. The van der Waals surface area contributed by atoms with Crippen molar-refractivity contribution in [1.29, 1.82) is 0 Å². The van der Waals surface area contributed by atoms with Crippen molar-refractivity contribution in [2.75, 3.05) is 11.9 Å². The highest BCUT2D eigenvalue weighted by atomic mass is 16.2. The highest BCUT2D eigenvalue weighted by molar-refractivity contribution is 6.12. The Bertz CT molecular complexity index is 1380. The Balaban J connectivity index is 1.63. The van der Waals surface area contributed by atoms with Gasteiger partial charge in [-0.05, 0) is 99.8 Å². The molecule has 1 atom stereocenters. The van der Waals surface area contributed by atoms with Crippen LogP contribution in [0.3, 0.4) is 0 Å². The largest absolute Gasteiger partial charge is 0.371 e. The number of benzene rings is 1. The third-order valence-electron chi connectivity index (χ3n) is 8.42. The number of carbonyl (C=O) groups is 2. The van der Waals surface area contributed by atoms with Crippen LogP contribution in [0.1, 0.15) is 90.7 Å². The summed E-state index contributed by atoms with van der Waals surface area (Å²) in [5.41, 5.74) is 6.55. The monoisotopic (exact) mass is 545 g/mol. The molecule has 0 spiro atoms. The summed E-state index contributed by atoms with van der Waals surface area (Å²) >= 11 is 0. The van der Waals surface area contributed by atoms with E-state index in [1.165, 1.54) is 0 Å².